The lowest BCUT2D eigenvalue weighted by Crippen LogP contribution is -2.14. The molecule has 1 N–H and O–H groups in total. The minimum absolute atomic E-state index is 0.227. The molecule has 0 amide bonds. The summed E-state index contributed by atoms with van der Waals surface area (Å²) in [6.07, 6.45) is 1.01. The average Bonchev–Trinajstić information content (AvgIpc) is 2.89. The van der Waals surface area contributed by atoms with E-state index < -0.39 is 0 Å². The second-order valence-corrected chi connectivity index (χ2v) is 4.48. The number of H-pyrrole nitrogens is 1. The van der Waals surface area contributed by atoms with Crippen molar-refractivity contribution in [3.05, 3.63) is 52.1 Å². The lowest BCUT2D eigenvalue weighted by molar-refractivity contribution is 0.795. The Morgan fingerprint density at radius 1 is 1.26 bits per heavy atom. The van der Waals surface area contributed by atoms with E-state index >= 15 is 0 Å². The number of nitrogens with one attached hydrogen (secondary N) is 1. The van der Waals surface area contributed by atoms with Crippen LogP contribution in [0.4, 0.5) is 0 Å². The number of hydrogen-bond acceptors (Lipinski definition) is 3. The highest BCUT2D eigenvalue weighted by atomic mass is 16.1. The molecule has 0 radical (unpaired) electrons. The van der Waals surface area contributed by atoms with Crippen LogP contribution in [-0.2, 0) is 6.42 Å². The molecule has 2 aromatic heterocycles. The minimum Gasteiger partial charge on any atom is -0.266 e. The van der Waals surface area contributed by atoms with Crippen LogP contribution in [0.25, 0.3) is 16.8 Å². The Balaban J connectivity index is 2.17. The first-order valence-electron chi connectivity index (χ1n) is 6.23. The molecule has 19 heavy (non-hydrogen) atoms. The van der Waals surface area contributed by atoms with Crippen LogP contribution in [0, 0.1) is 6.92 Å². The predicted molar refractivity (Wildman–Crippen MR) is 73.2 cm³/mol. The molecule has 0 aliphatic rings. The topological polar surface area (TPSA) is 63.0 Å². The lowest BCUT2D eigenvalue weighted by Gasteiger charge is -1.98. The van der Waals surface area contributed by atoms with Gasteiger partial charge in [0, 0.05) is 5.56 Å². The molecule has 3 rings (SSSR count). The van der Waals surface area contributed by atoms with E-state index in [2.05, 4.69) is 34.4 Å². The zero-order chi connectivity index (χ0) is 13.4. The van der Waals surface area contributed by atoms with Gasteiger partial charge in [0.05, 0.1) is 5.69 Å². The fourth-order valence-electron chi connectivity index (χ4n) is 2.08. The van der Waals surface area contributed by atoms with Gasteiger partial charge in [-0.2, -0.15) is 10.2 Å². The van der Waals surface area contributed by atoms with Crippen molar-refractivity contribution in [2.45, 2.75) is 20.3 Å². The predicted octanol–water partition coefficient (Wildman–Crippen LogP) is 1.96. The second kappa shape index (κ2) is 4.35. The molecule has 0 saturated heterocycles. The quantitative estimate of drug-likeness (QED) is 0.760. The van der Waals surface area contributed by atoms with Gasteiger partial charge in [0.25, 0.3) is 5.56 Å². The van der Waals surface area contributed by atoms with Crippen molar-refractivity contribution in [3.8, 4) is 11.3 Å². The Hall–Kier alpha value is -2.43. The van der Waals surface area contributed by atoms with E-state index in [-0.39, 0.29) is 5.56 Å². The van der Waals surface area contributed by atoms with Gasteiger partial charge in [-0.05, 0) is 25.0 Å². The molecule has 0 aliphatic carbocycles. The lowest BCUT2D eigenvalue weighted by atomic mass is 10.1. The summed E-state index contributed by atoms with van der Waals surface area (Å²) in [7, 11) is 0. The van der Waals surface area contributed by atoms with E-state index in [4.69, 9.17) is 0 Å². The van der Waals surface area contributed by atoms with Crippen LogP contribution in [0.1, 0.15) is 18.3 Å². The van der Waals surface area contributed by atoms with Crippen LogP contribution in [0.15, 0.2) is 35.1 Å². The number of aromatic amines is 1. The number of fused-ring (bicyclic) bond motifs is 1. The zero-order valence-corrected chi connectivity index (χ0v) is 10.8. The Morgan fingerprint density at radius 2 is 2.00 bits per heavy atom. The van der Waals surface area contributed by atoms with Gasteiger partial charge in [0.15, 0.2) is 0 Å². The summed E-state index contributed by atoms with van der Waals surface area (Å²) in [6.45, 7) is 3.92. The smallest absolute Gasteiger partial charge is 0.266 e. The zero-order valence-electron chi connectivity index (χ0n) is 10.8. The largest absolute Gasteiger partial charge is 0.290 e. The molecule has 3 aromatic rings. The fraction of sp³-hybridized carbons (Fsp3) is 0.214. The molecule has 0 atom stereocenters. The van der Waals surface area contributed by atoms with Crippen molar-refractivity contribution >= 4 is 5.52 Å². The van der Waals surface area contributed by atoms with E-state index in [1.54, 1.807) is 17.5 Å². The van der Waals surface area contributed by atoms with Crippen molar-refractivity contribution in [1.82, 2.24) is 19.8 Å². The Bertz CT molecular complexity index is 783. The van der Waals surface area contributed by atoms with E-state index in [1.165, 1.54) is 5.56 Å². The van der Waals surface area contributed by atoms with Crippen LogP contribution in [0.2, 0.25) is 0 Å². The second-order valence-electron chi connectivity index (χ2n) is 4.48. The molecule has 0 unspecified atom stereocenters. The Kier molecular flexibility index (Phi) is 2.67. The monoisotopic (exact) mass is 254 g/mol. The van der Waals surface area contributed by atoms with E-state index in [0.29, 0.717) is 11.3 Å². The van der Waals surface area contributed by atoms with Gasteiger partial charge in [-0.25, -0.2) is 9.61 Å². The number of rotatable bonds is 2. The van der Waals surface area contributed by atoms with Gasteiger partial charge < -0.3 is 0 Å². The highest BCUT2D eigenvalue weighted by molar-refractivity contribution is 5.65. The molecule has 5 nitrogen and oxygen atoms in total. The van der Waals surface area contributed by atoms with Crippen molar-refractivity contribution in [2.75, 3.05) is 0 Å². The van der Waals surface area contributed by atoms with Crippen molar-refractivity contribution < 1.29 is 0 Å². The molecule has 5 heteroatoms. The normalized spacial score (nSPS) is 11.1. The summed E-state index contributed by atoms with van der Waals surface area (Å²) in [4.78, 5) is 11.7. The van der Waals surface area contributed by atoms with Crippen LogP contribution in [-0.4, -0.2) is 19.8 Å². The van der Waals surface area contributed by atoms with E-state index in [9.17, 15) is 4.79 Å². The molecule has 0 spiro atoms. The van der Waals surface area contributed by atoms with Crippen molar-refractivity contribution in [1.29, 1.82) is 0 Å². The fourth-order valence-corrected chi connectivity index (χ4v) is 2.08. The Morgan fingerprint density at radius 3 is 2.63 bits per heavy atom. The maximum absolute atomic E-state index is 11.7. The minimum atomic E-state index is -0.227. The summed E-state index contributed by atoms with van der Waals surface area (Å²) in [5.41, 5.74) is 3.35. The molecule has 0 bridgehead atoms. The summed E-state index contributed by atoms with van der Waals surface area (Å²) in [6, 6.07) is 9.99. The molecule has 0 fully saturated rings. The maximum Gasteiger partial charge on any atom is 0.290 e. The highest BCUT2D eigenvalue weighted by Crippen LogP contribution is 2.19. The molecule has 0 aliphatic heterocycles. The molecular formula is C14H14N4O. The molecular weight excluding hydrogens is 240 g/mol. The van der Waals surface area contributed by atoms with Crippen LogP contribution < -0.4 is 5.56 Å². The van der Waals surface area contributed by atoms with Gasteiger partial charge >= 0.3 is 0 Å². The summed E-state index contributed by atoms with van der Waals surface area (Å²) >= 11 is 0. The van der Waals surface area contributed by atoms with Crippen LogP contribution in [0.5, 0.6) is 0 Å². The van der Waals surface area contributed by atoms with Crippen LogP contribution >= 0.6 is 0 Å². The molecule has 1 aromatic carbocycles. The third-order valence-electron chi connectivity index (χ3n) is 3.23. The summed E-state index contributed by atoms with van der Waals surface area (Å²) < 4.78 is 1.57. The molecule has 96 valence electrons. The van der Waals surface area contributed by atoms with Crippen LogP contribution in [0.3, 0.4) is 0 Å². The number of hydrogen-bond donors (Lipinski definition) is 1. The van der Waals surface area contributed by atoms with Crippen molar-refractivity contribution in [3.63, 3.8) is 0 Å². The van der Waals surface area contributed by atoms with Gasteiger partial charge in [0.1, 0.15) is 11.3 Å². The third kappa shape index (κ3) is 1.93. The van der Waals surface area contributed by atoms with Gasteiger partial charge in [-0.1, -0.05) is 31.2 Å². The van der Waals surface area contributed by atoms with E-state index in [1.807, 2.05) is 12.1 Å². The number of aryl methyl sites for hydroxylation is 2. The Labute approximate surface area is 109 Å². The number of nitrogens with zero attached hydrogens (tertiary/aromatic N) is 3. The first kappa shape index (κ1) is 11.6. The maximum atomic E-state index is 11.7. The van der Waals surface area contributed by atoms with E-state index in [0.717, 1.165) is 17.7 Å². The standard InChI is InChI=1S/C14H14N4O/c1-3-10-4-6-11(7-5-10)12-8-13-14(19)16-15-9(2)18(13)17-12/h4-8H,3H2,1-2H3,(H,16,19). The summed E-state index contributed by atoms with van der Waals surface area (Å²) in [5.74, 6) is 0.658. The third-order valence-corrected chi connectivity index (χ3v) is 3.23. The highest BCUT2D eigenvalue weighted by Gasteiger charge is 2.09. The van der Waals surface area contributed by atoms with Gasteiger partial charge in [-0.15, -0.1) is 0 Å². The first-order valence-corrected chi connectivity index (χ1v) is 6.23. The first-order chi connectivity index (χ1) is 9.19. The van der Waals surface area contributed by atoms with Gasteiger partial charge in [-0.3, -0.25) is 4.79 Å². The molecule has 2 heterocycles. The summed E-state index contributed by atoms with van der Waals surface area (Å²) in [5, 5.41) is 10.8. The van der Waals surface area contributed by atoms with Gasteiger partial charge in [0.2, 0.25) is 0 Å². The number of benzene rings is 1. The SMILES string of the molecule is CCc1ccc(-c2cc3c(=O)[nH]nc(C)n3n2)cc1. The average molecular weight is 254 g/mol. The van der Waals surface area contributed by atoms with Crippen molar-refractivity contribution in [2.24, 2.45) is 0 Å². The molecule has 0 saturated carbocycles. The number of aromatic nitrogens is 4.